The molecule has 1 aliphatic rings. The van der Waals surface area contributed by atoms with E-state index in [4.69, 9.17) is 4.98 Å². The number of aryl methyl sites for hydroxylation is 2. The number of aromatic nitrogens is 1. The first-order valence-electron chi connectivity index (χ1n) is 15.0. The average Bonchev–Trinajstić information content (AvgIpc) is 3.24. The number of benzene rings is 7. The van der Waals surface area contributed by atoms with Crippen molar-refractivity contribution < 1.29 is 0 Å². The summed E-state index contributed by atoms with van der Waals surface area (Å²) < 4.78 is 0. The highest BCUT2D eigenvalue weighted by atomic mass is 15.2. The van der Waals surface area contributed by atoms with Crippen molar-refractivity contribution in [3.05, 3.63) is 157 Å². The van der Waals surface area contributed by atoms with Crippen LogP contribution in [0.5, 0.6) is 0 Å². The maximum absolute atomic E-state index is 5.08. The predicted octanol–water partition coefficient (Wildman–Crippen LogP) is 10.9. The first-order chi connectivity index (χ1) is 21.4. The summed E-state index contributed by atoms with van der Waals surface area (Å²) >= 11 is 0. The average molecular weight is 549 g/mol. The van der Waals surface area contributed by atoms with Gasteiger partial charge in [0.05, 0.1) is 11.2 Å². The molecule has 1 aliphatic heterocycles. The predicted molar refractivity (Wildman–Crippen MR) is 182 cm³/mol. The second kappa shape index (κ2) is 9.54. The van der Waals surface area contributed by atoms with Crippen LogP contribution in [0.3, 0.4) is 0 Å². The molecule has 0 N–H and O–H groups in total. The number of hydrogen-bond acceptors (Lipinski definition) is 2. The lowest BCUT2D eigenvalue weighted by atomic mass is 9.87. The molecular weight excluding hydrogens is 520 g/mol. The van der Waals surface area contributed by atoms with Gasteiger partial charge >= 0.3 is 0 Å². The summed E-state index contributed by atoms with van der Waals surface area (Å²) in [6.07, 6.45) is 4.13. The molecule has 1 aromatic heterocycles. The maximum atomic E-state index is 5.08. The minimum atomic E-state index is 1.01. The first kappa shape index (κ1) is 24.2. The molecule has 2 nitrogen and oxygen atoms in total. The van der Waals surface area contributed by atoms with Crippen molar-refractivity contribution in [3.63, 3.8) is 0 Å². The third-order valence-electron chi connectivity index (χ3n) is 9.14. The number of para-hydroxylation sites is 3. The van der Waals surface area contributed by atoms with E-state index in [-0.39, 0.29) is 0 Å². The summed E-state index contributed by atoms with van der Waals surface area (Å²) in [5, 5.41) is 8.55. The summed E-state index contributed by atoms with van der Waals surface area (Å²) in [6, 6.07) is 50.8. The van der Waals surface area contributed by atoms with E-state index in [0.29, 0.717) is 0 Å². The number of pyridine rings is 1. The fourth-order valence-electron chi connectivity index (χ4n) is 7.26. The SMILES string of the molecule is c1ccc2c(c1)CCc1ccccc1N2c1c2ccccc2c(-c2cccc3ccccc23)c2c1cnc1ccccc12. The van der Waals surface area contributed by atoms with Gasteiger partial charge in [-0.2, -0.15) is 0 Å². The van der Waals surface area contributed by atoms with Gasteiger partial charge in [-0.25, -0.2) is 0 Å². The molecule has 0 spiro atoms. The topological polar surface area (TPSA) is 16.1 Å². The van der Waals surface area contributed by atoms with Crippen molar-refractivity contribution >= 4 is 60.3 Å². The zero-order valence-electron chi connectivity index (χ0n) is 23.7. The van der Waals surface area contributed by atoms with Gasteiger partial charge in [-0.1, -0.05) is 121 Å². The third kappa shape index (κ3) is 3.63. The lowest BCUT2D eigenvalue weighted by molar-refractivity contribution is 0.977. The van der Waals surface area contributed by atoms with Crippen molar-refractivity contribution in [1.82, 2.24) is 4.98 Å². The van der Waals surface area contributed by atoms with Crippen LogP contribution in [0.1, 0.15) is 11.1 Å². The van der Waals surface area contributed by atoms with Gasteiger partial charge in [0.25, 0.3) is 0 Å². The summed E-state index contributed by atoms with van der Waals surface area (Å²) in [7, 11) is 0. The van der Waals surface area contributed by atoms with Gasteiger partial charge in [-0.15, -0.1) is 0 Å². The Labute approximate surface area is 250 Å². The van der Waals surface area contributed by atoms with Crippen LogP contribution >= 0.6 is 0 Å². The van der Waals surface area contributed by atoms with E-state index in [1.165, 1.54) is 71.6 Å². The number of hydrogen-bond donors (Lipinski definition) is 0. The molecule has 8 aromatic rings. The number of nitrogens with zero attached hydrogens (tertiary/aromatic N) is 2. The van der Waals surface area contributed by atoms with Crippen LogP contribution in [0, 0.1) is 0 Å². The summed E-state index contributed by atoms with van der Waals surface area (Å²) in [6.45, 7) is 0. The molecular formula is C41H28N2. The fourth-order valence-corrected chi connectivity index (χ4v) is 7.26. The van der Waals surface area contributed by atoms with Gasteiger partial charge in [-0.3, -0.25) is 4.98 Å². The van der Waals surface area contributed by atoms with Crippen LogP contribution in [0.15, 0.2) is 146 Å². The van der Waals surface area contributed by atoms with Gasteiger partial charge in [0, 0.05) is 39.1 Å². The second-order valence-electron chi connectivity index (χ2n) is 11.5. The molecule has 0 saturated carbocycles. The van der Waals surface area contributed by atoms with Crippen LogP contribution in [0.2, 0.25) is 0 Å². The largest absolute Gasteiger partial charge is 0.309 e. The Balaban J connectivity index is 1.53. The van der Waals surface area contributed by atoms with Crippen LogP contribution in [0.4, 0.5) is 17.1 Å². The van der Waals surface area contributed by atoms with Gasteiger partial charge in [-0.05, 0) is 69.5 Å². The molecule has 0 amide bonds. The molecule has 0 fully saturated rings. The zero-order chi connectivity index (χ0) is 28.3. The molecule has 2 heterocycles. The van der Waals surface area contributed by atoms with E-state index in [1.54, 1.807) is 0 Å². The summed E-state index contributed by atoms with van der Waals surface area (Å²) in [5.41, 5.74) is 9.92. The monoisotopic (exact) mass is 548 g/mol. The molecule has 0 bridgehead atoms. The highest BCUT2D eigenvalue weighted by molar-refractivity contribution is 6.29. The van der Waals surface area contributed by atoms with E-state index in [2.05, 4.69) is 151 Å². The third-order valence-corrected chi connectivity index (χ3v) is 9.14. The molecule has 202 valence electrons. The van der Waals surface area contributed by atoms with E-state index in [9.17, 15) is 0 Å². The molecule has 9 rings (SSSR count). The van der Waals surface area contributed by atoms with Gasteiger partial charge in [0.15, 0.2) is 0 Å². The van der Waals surface area contributed by atoms with Gasteiger partial charge < -0.3 is 4.90 Å². The van der Waals surface area contributed by atoms with Crippen molar-refractivity contribution in [2.45, 2.75) is 12.8 Å². The van der Waals surface area contributed by atoms with Crippen molar-refractivity contribution in [3.8, 4) is 11.1 Å². The smallest absolute Gasteiger partial charge is 0.0708 e. The Kier molecular flexibility index (Phi) is 5.36. The van der Waals surface area contributed by atoms with Crippen molar-refractivity contribution in [2.24, 2.45) is 0 Å². The van der Waals surface area contributed by atoms with Crippen LogP contribution in [-0.2, 0) is 12.8 Å². The van der Waals surface area contributed by atoms with E-state index in [1.807, 2.05) is 0 Å². The quantitative estimate of drug-likeness (QED) is 0.158. The van der Waals surface area contributed by atoms with Crippen molar-refractivity contribution in [1.29, 1.82) is 0 Å². The summed E-state index contributed by atoms with van der Waals surface area (Å²) in [4.78, 5) is 7.60. The molecule has 0 saturated heterocycles. The highest BCUT2D eigenvalue weighted by Gasteiger charge is 2.27. The minimum Gasteiger partial charge on any atom is -0.309 e. The van der Waals surface area contributed by atoms with E-state index < -0.39 is 0 Å². The standard InChI is InChI=1S/C41H28N2/c1-4-16-30-27(12-1)15-11-20-31(30)39-32-17-5-6-18-33(32)41(35-26-42-36-21-8-7-19-34(36)40(35)39)43-37-22-9-2-13-28(37)24-25-29-14-3-10-23-38(29)43/h1-23,26H,24-25H2. The van der Waals surface area contributed by atoms with Crippen LogP contribution in [0.25, 0.3) is 54.3 Å². The lowest BCUT2D eigenvalue weighted by Gasteiger charge is -2.31. The fraction of sp³-hybridized carbons (Fsp3) is 0.0488. The highest BCUT2D eigenvalue weighted by Crippen LogP contribution is 2.52. The van der Waals surface area contributed by atoms with Crippen LogP contribution in [-0.4, -0.2) is 4.98 Å². The molecule has 43 heavy (non-hydrogen) atoms. The maximum Gasteiger partial charge on any atom is 0.0708 e. The van der Waals surface area contributed by atoms with E-state index in [0.717, 1.165) is 23.7 Å². The van der Waals surface area contributed by atoms with Gasteiger partial charge in [0.2, 0.25) is 0 Å². The lowest BCUT2D eigenvalue weighted by Crippen LogP contribution is -2.13. The molecule has 2 heteroatoms. The number of anilines is 3. The molecule has 0 radical (unpaired) electrons. The number of rotatable bonds is 2. The zero-order valence-corrected chi connectivity index (χ0v) is 23.7. The Morgan fingerprint density at radius 3 is 1.81 bits per heavy atom. The summed E-state index contributed by atoms with van der Waals surface area (Å²) in [5.74, 6) is 0. The Morgan fingerprint density at radius 2 is 1.05 bits per heavy atom. The Hall–Kier alpha value is -5.47. The molecule has 0 aliphatic carbocycles. The Bertz CT molecular complexity index is 2320. The molecule has 0 atom stereocenters. The Morgan fingerprint density at radius 1 is 0.465 bits per heavy atom. The van der Waals surface area contributed by atoms with Gasteiger partial charge in [0.1, 0.15) is 0 Å². The normalized spacial score (nSPS) is 12.9. The molecule has 7 aromatic carbocycles. The first-order valence-corrected chi connectivity index (χ1v) is 15.0. The molecule has 0 unspecified atom stereocenters. The minimum absolute atomic E-state index is 1.01. The van der Waals surface area contributed by atoms with Crippen molar-refractivity contribution in [2.75, 3.05) is 4.90 Å². The van der Waals surface area contributed by atoms with Crippen LogP contribution < -0.4 is 4.90 Å². The van der Waals surface area contributed by atoms with E-state index >= 15 is 0 Å². The second-order valence-corrected chi connectivity index (χ2v) is 11.5. The number of fused-ring (bicyclic) bond motifs is 7.